The van der Waals surface area contributed by atoms with E-state index in [-0.39, 0.29) is 16.8 Å². The van der Waals surface area contributed by atoms with Crippen LogP contribution in [-0.2, 0) is 4.79 Å². The molecule has 28 heavy (non-hydrogen) atoms. The summed E-state index contributed by atoms with van der Waals surface area (Å²) in [4.78, 5) is 23.9. The summed E-state index contributed by atoms with van der Waals surface area (Å²) >= 11 is 7.31. The maximum absolute atomic E-state index is 12.6. The fraction of sp³-hybridized carbons (Fsp3) is 0.158. The van der Waals surface area contributed by atoms with E-state index in [1.54, 1.807) is 35.0 Å². The molecule has 7 nitrogen and oxygen atoms in total. The van der Waals surface area contributed by atoms with Crippen LogP contribution in [0.3, 0.4) is 0 Å². The molecule has 0 saturated heterocycles. The third-order valence-electron chi connectivity index (χ3n) is 3.88. The summed E-state index contributed by atoms with van der Waals surface area (Å²) in [7, 11) is 0. The number of nitrogens with zero attached hydrogens (tertiary/aromatic N) is 3. The topological polar surface area (TPSA) is 90.1 Å². The SMILES string of the molecule is Cc1cc(NC(=O)C(C)Sc2ccc(Cl)cc2)n(-c2ccc([N+](=O)[O-])cc2)n1. The van der Waals surface area contributed by atoms with Crippen molar-refractivity contribution in [2.45, 2.75) is 24.0 Å². The van der Waals surface area contributed by atoms with Gasteiger partial charge in [-0.05, 0) is 50.2 Å². The maximum Gasteiger partial charge on any atom is 0.269 e. The number of nitrogens with one attached hydrogen (secondary N) is 1. The van der Waals surface area contributed by atoms with Gasteiger partial charge in [0.15, 0.2) is 0 Å². The highest BCUT2D eigenvalue weighted by atomic mass is 35.5. The van der Waals surface area contributed by atoms with Gasteiger partial charge in [0.1, 0.15) is 5.82 Å². The van der Waals surface area contributed by atoms with Crippen molar-refractivity contribution in [2.24, 2.45) is 0 Å². The van der Waals surface area contributed by atoms with E-state index in [0.717, 1.165) is 4.90 Å². The number of rotatable bonds is 6. The van der Waals surface area contributed by atoms with Gasteiger partial charge in [-0.15, -0.1) is 11.8 Å². The average molecular weight is 417 g/mol. The number of anilines is 1. The van der Waals surface area contributed by atoms with Gasteiger partial charge in [0.05, 0.1) is 21.6 Å². The van der Waals surface area contributed by atoms with Crippen molar-refractivity contribution in [1.29, 1.82) is 0 Å². The van der Waals surface area contributed by atoms with Crippen LogP contribution in [0.1, 0.15) is 12.6 Å². The Morgan fingerprint density at radius 1 is 1.21 bits per heavy atom. The lowest BCUT2D eigenvalue weighted by Gasteiger charge is -2.13. The first-order valence-electron chi connectivity index (χ1n) is 8.38. The number of carbonyl (C=O) groups excluding carboxylic acids is 1. The van der Waals surface area contributed by atoms with Crippen LogP contribution in [0.15, 0.2) is 59.5 Å². The Morgan fingerprint density at radius 2 is 1.86 bits per heavy atom. The van der Waals surface area contributed by atoms with E-state index < -0.39 is 4.92 Å². The number of aromatic nitrogens is 2. The summed E-state index contributed by atoms with van der Waals surface area (Å²) < 4.78 is 1.55. The van der Waals surface area contributed by atoms with Gasteiger partial charge in [0, 0.05) is 28.1 Å². The van der Waals surface area contributed by atoms with Crippen LogP contribution in [0.2, 0.25) is 5.02 Å². The van der Waals surface area contributed by atoms with Gasteiger partial charge in [-0.25, -0.2) is 4.68 Å². The highest BCUT2D eigenvalue weighted by molar-refractivity contribution is 8.00. The van der Waals surface area contributed by atoms with Gasteiger partial charge in [-0.2, -0.15) is 5.10 Å². The second-order valence-corrected chi connectivity index (χ2v) is 7.91. The van der Waals surface area contributed by atoms with Gasteiger partial charge in [0.2, 0.25) is 5.91 Å². The van der Waals surface area contributed by atoms with Gasteiger partial charge in [-0.3, -0.25) is 14.9 Å². The average Bonchev–Trinajstić information content (AvgIpc) is 3.03. The number of nitro benzene ring substituents is 1. The second kappa shape index (κ2) is 8.45. The summed E-state index contributed by atoms with van der Waals surface area (Å²) in [6, 6.07) is 15.0. The predicted octanol–water partition coefficient (Wildman–Crippen LogP) is 4.86. The smallest absolute Gasteiger partial charge is 0.269 e. The molecule has 9 heteroatoms. The zero-order chi connectivity index (χ0) is 20.3. The molecular weight excluding hydrogens is 400 g/mol. The number of benzene rings is 2. The third kappa shape index (κ3) is 4.71. The fourth-order valence-corrected chi connectivity index (χ4v) is 3.49. The number of non-ortho nitro benzene ring substituents is 1. The number of hydrogen-bond acceptors (Lipinski definition) is 5. The lowest BCUT2D eigenvalue weighted by Crippen LogP contribution is -2.23. The van der Waals surface area contributed by atoms with Crippen LogP contribution in [0.25, 0.3) is 5.69 Å². The lowest BCUT2D eigenvalue weighted by molar-refractivity contribution is -0.384. The predicted molar refractivity (Wildman–Crippen MR) is 110 cm³/mol. The molecule has 0 aliphatic carbocycles. The molecule has 0 aliphatic heterocycles. The van der Waals surface area contributed by atoms with Crippen molar-refractivity contribution in [2.75, 3.05) is 5.32 Å². The van der Waals surface area contributed by atoms with Crippen LogP contribution in [-0.4, -0.2) is 25.9 Å². The molecular formula is C19H17ClN4O3S. The minimum absolute atomic E-state index is 0.00815. The van der Waals surface area contributed by atoms with Crippen molar-refractivity contribution in [3.05, 3.63) is 75.4 Å². The number of aryl methyl sites for hydroxylation is 1. The third-order valence-corrected chi connectivity index (χ3v) is 5.25. The molecule has 1 heterocycles. The molecule has 2 aromatic carbocycles. The monoisotopic (exact) mass is 416 g/mol. The van der Waals surface area contributed by atoms with Gasteiger partial charge in [-0.1, -0.05) is 11.6 Å². The van der Waals surface area contributed by atoms with Crippen LogP contribution in [0.4, 0.5) is 11.5 Å². The molecule has 0 aliphatic rings. The van der Waals surface area contributed by atoms with Crippen molar-refractivity contribution in [1.82, 2.24) is 9.78 Å². The van der Waals surface area contributed by atoms with Gasteiger partial charge >= 0.3 is 0 Å². The summed E-state index contributed by atoms with van der Waals surface area (Å²) in [6.45, 7) is 3.62. The minimum Gasteiger partial charge on any atom is -0.310 e. The molecule has 1 unspecified atom stereocenters. The number of thioether (sulfide) groups is 1. The van der Waals surface area contributed by atoms with E-state index in [2.05, 4.69) is 10.4 Å². The van der Waals surface area contributed by atoms with Gasteiger partial charge in [0.25, 0.3) is 5.69 Å². The minimum atomic E-state index is -0.462. The van der Waals surface area contributed by atoms with E-state index in [1.165, 1.54) is 23.9 Å². The summed E-state index contributed by atoms with van der Waals surface area (Å²) in [6.07, 6.45) is 0. The van der Waals surface area contributed by atoms with Crippen LogP contribution in [0.5, 0.6) is 0 Å². The Bertz CT molecular complexity index is 1000. The molecule has 0 bridgehead atoms. The fourth-order valence-electron chi connectivity index (χ4n) is 2.50. The molecule has 0 radical (unpaired) electrons. The van der Waals surface area contributed by atoms with Crippen molar-refractivity contribution in [3.63, 3.8) is 0 Å². The molecule has 0 fully saturated rings. The zero-order valence-corrected chi connectivity index (χ0v) is 16.7. The molecule has 1 atom stereocenters. The Hall–Kier alpha value is -2.84. The first-order chi connectivity index (χ1) is 13.3. The molecule has 144 valence electrons. The highest BCUT2D eigenvalue weighted by Crippen LogP contribution is 2.26. The van der Waals surface area contributed by atoms with Gasteiger partial charge < -0.3 is 5.32 Å². The Kier molecular flexibility index (Phi) is 6.01. The number of hydrogen-bond donors (Lipinski definition) is 1. The Balaban J connectivity index is 1.75. The van der Waals surface area contributed by atoms with Crippen LogP contribution < -0.4 is 5.32 Å². The molecule has 1 N–H and O–H groups in total. The summed E-state index contributed by atoms with van der Waals surface area (Å²) in [5.74, 6) is 0.322. The van der Waals surface area contributed by atoms with E-state index in [0.29, 0.717) is 22.2 Å². The lowest BCUT2D eigenvalue weighted by atomic mass is 10.3. The highest BCUT2D eigenvalue weighted by Gasteiger charge is 2.18. The van der Waals surface area contributed by atoms with E-state index in [1.807, 2.05) is 26.0 Å². The molecule has 3 rings (SSSR count). The van der Waals surface area contributed by atoms with Crippen molar-refractivity contribution < 1.29 is 9.72 Å². The number of carbonyl (C=O) groups is 1. The van der Waals surface area contributed by atoms with E-state index >= 15 is 0 Å². The molecule has 1 amide bonds. The second-order valence-electron chi connectivity index (χ2n) is 6.06. The zero-order valence-electron chi connectivity index (χ0n) is 15.1. The van der Waals surface area contributed by atoms with E-state index in [9.17, 15) is 14.9 Å². The summed E-state index contributed by atoms with van der Waals surface area (Å²) in [5, 5.41) is 18.4. The number of halogens is 1. The first kappa shape index (κ1) is 19.9. The standard InChI is InChI=1S/C19H17ClN4O3S/c1-12-11-18(23(22-12)15-5-7-16(8-6-15)24(26)27)21-19(25)13(2)28-17-9-3-14(20)4-10-17/h3-11,13H,1-2H3,(H,21,25). The van der Waals surface area contributed by atoms with Crippen molar-refractivity contribution >= 4 is 40.8 Å². The number of amides is 1. The molecule has 0 spiro atoms. The normalized spacial score (nSPS) is 11.8. The molecule has 1 aromatic heterocycles. The molecule has 3 aromatic rings. The first-order valence-corrected chi connectivity index (χ1v) is 9.64. The maximum atomic E-state index is 12.6. The van der Waals surface area contributed by atoms with Crippen LogP contribution >= 0.6 is 23.4 Å². The molecule has 0 saturated carbocycles. The largest absolute Gasteiger partial charge is 0.310 e. The van der Waals surface area contributed by atoms with Crippen LogP contribution in [0, 0.1) is 17.0 Å². The Labute approximate surface area is 170 Å². The Morgan fingerprint density at radius 3 is 2.46 bits per heavy atom. The van der Waals surface area contributed by atoms with E-state index in [4.69, 9.17) is 11.6 Å². The number of nitro groups is 1. The summed E-state index contributed by atoms with van der Waals surface area (Å²) in [5.41, 5.74) is 1.32. The quantitative estimate of drug-likeness (QED) is 0.352. The van der Waals surface area contributed by atoms with Crippen molar-refractivity contribution in [3.8, 4) is 5.69 Å².